The molecule has 14 heavy (non-hydrogen) atoms. The van der Waals surface area contributed by atoms with Crippen LogP contribution in [0.1, 0.15) is 59.8 Å². The zero-order valence-corrected chi connectivity index (χ0v) is 10.7. The molecule has 1 fully saturated rings. The number of methoxy groups -OCH3 is 1. The normalized spacial score (nSPS) is 31.9. The molecule has 0 radical (unpaired) electrons. The molecule has 0 N–H and O–H groups in total. The van der Waals surface area contributed by atoms with Crippen LogP contribution in [-0.4, -0.2) is 13.2 Å². The molecular weight excluding hydrogens is 172 g/mol. The van der Waals surface area contributed by atoms with E-state index in [4.69, 9.17) is 4.74 Å². The first-order valence-corrected chi connectivity index (χ1v) is 6.30. The van der Waals surface area contributed by atoms with Crippen molar-refractivity contribution in [3.05, 3.63) is 0 Å². The zero-order valence-electron chi connectivity index (χ0n) is 10.7. The molecule has 1 rings (SSSR count). The molecule has 0 aromatic rings. The van der Waals surface area contributed by atoms with Crippen molar-refractivity contribution in [3.63, 3.8) is 0 Å². The summed E-state index contributed by atoms with van der Waals surface area (Å²) in [6.07, 6.45) is 7.21. The number of hydrogen-bond acceptors (Lipinski definition) is 1. The second kappa shape index (κ2) is 8.28. The van der Waals surface area contributed by atoms with E-state index in [0.29, 0.717) is 6.10 Å². The van der Waals surface area contributed by atoms with E-state index in [9.17, 15) is 0 Å². The fourth-order valence-corrected chi connectivity index (χ4v) is 2.36. The Balaban J connectivity index is 0.000000791. The van der Waals surface area contributed by atoms with Gasteiger partial charge in [-0.1, -0.05) is 40.5 Å². The Morgan fingerprint density at radius 2 is 1.86 bits per heavy atom. The molecule has 3 unspecified atom stereocenters. The SMILES string of the molecule is CC.CCCC1CC(OC)CCC1C. The Morgan fingerprint density at radius 3 is 2.36 bits per heavy atom. The van der Waals surface area contributed by atoms with E-state index in [1.165, 1.54) is 32.1 Å². The molecule has 0 aromatic heterocycles. The molecule has 0 bridgehead atoms. The van der Waals surface area contributed by atoms with Crippen molar-refractivity contribution in [3.8, 4) is 0 Å². The summed E-state index contributed by atoms with van der Waals surface area (Å²) in [6.45, 7) is 8.68. The third-order valence-corrected chi connectivity index (χ3v) is 3.31. The lowest BCUT2D eigenvalue weighted by atomic mass is 9.77. The van der Waals surface area contributed by atoms with Crippen LogP contribution in [0, 0.1) is 11.8 Å². The summed E-state index contributed by atoms with van der Waals surface area (Å²) >= 11 is 0. The Bertz CT molecular complexity index is 122. The molecule has 0 heterocycles. The minimum absolute atomic E-state index is 0.553. The summed E-state index contributed by atoms with van der Waals surface area (Å²) in [4.78, 5) is 0. The van der Waals surface area contributed by atoms with Crippen LogP contribution in [0.3, 0.4) is 0 Å². The van der Waals surface area contributed by atoms with E-state index in [1.807, 2.05) is 21.0 Å². The van der Waals surface area contributed by atoms with Crippen LogP contribution in [0.4, 0.5) is 0 Å². The molecule has 1 heteroatoms. The maximum absolute atomic E-state index is 5.42. The molecule has 1 aliphatic carbocycles. The summed E-state index contributed by atoms with van der Waals surface area (Å²) in [7, 11) is 1.85. The minimum Gasteiger partial charge on any atom is -0.381 e. The standard InChI is InChI=1S/C11H22O.C2H6/c1-4-5-10-8-11(12-3)7-6-9(10)2;1-2/h9-11H,4-8H2,1-3H3;1-2H3. The first-order valence-electron chi connectivity index (χ1n) is 6.30. The van der Waals surface area contributed by atoms with Crippen molar-refractivity contribution in [2.45, 2.75) is 65.9 Å². The van der Waals surface area contributed by atoms with Gasteiger partial charge in [0.15, 0.2) is 0 Å². The van der Waals surface area contributed by atoms with Gasteiger partial charge >= 0.3 is 0 Å². The summed E-state index contributed by atoms with van der Waals surface area (Å²) in [5.74, 6) is 1.85. The van der Waals surface area contributed by atoms with Gasteiger partial charge in [0.2, 0.25) is 0 Å². The van der Waals surface area contributed by atoms with Crippen molar-refractivity contribution in [1.82, 2.24) is 0 Å². The molecule has 0 aromatic carbocycles. The van der Waals surface area contributed by atoms with Gasteiger partial charge in [0.05, 0.1) is 6.10 Å². The quantitative estimate of drug-likeness (QED) is 0.661. The smallest absolute Gasteiger partial charge is 0.0574 e. The predicted octanol–water partition coefficient (Wildman–Crippen LogP) is 4.26. The Hall–Kier alpha value is -0.0400. The third kappa shape index (κ3) is 4.45. The average molecular weight is 200 g/mol. The molecular formula is C13H28O. The molecule has 1 saturated carbocycles. The van der Waals surface area contributed by atoms with Crippen LogP contribution in [0.5, 0.6) is 0 Å². The fraction of sp³-hybridized carbons (Fsp3) is 1.00. The Kier molecular flexibility index (Phi) is 8.26. The highest BCUT2D eigenvalue weighted by Gasteiger charge is 2.26. The summed E-state index contributed by atoms with van der Waals surface area (Å²) in [5, 5.41) is 0. The lowest BCUT2D eigenvalue weighted by Crippen LogP contribution is -2.27. The lowest BCUT2D eigenvalue weighted by Gasteiger charge is -2.33. The fourth-order valence-electron chi connectivity index (χ4n) is 2.36. The Labute approximate surface area is 90.2 Å². The maximum atomic E-state index is 5.42. The van der Waals surface area contributed by atoms with Gasteiger partial charge < -0.3 is 4.74 Å². The molecule has 86 valence electrons. The van der Waals surface area contributed by atoms with Gasteiger partial charge in [-0.2, -0.15) is 0 Å². The maximum Gasteiger partial charge on any atom is 0.0574 e. The number of ether oxygens (including phenoxy) is 1. The molecule has 1 aliphatic rings. The van der Waals surface area contributed by atoms with Crippen LogP contribution in [-0.2, 0) is 4.74 Å². The van der Waals surface area contributed by atoms with E-state index in [2.05, 4.69) is 13.8 Å². The summed E-state index contributed by atoms with van der Waals surface area (Å²) in [6, 6.07) is 0. The lowest BCUT2D eigenvalue weighted by molar-refractivity contribution is 0.0298. The van der Waals surface area contributed by atoms with Gasteiger partial charge in [-0.3, -0.25) is 0 Å². The van der Waals surface area contributed by atoms with Gasteiger partial charge in [-0.15, -0.1) is 0 Å². The number of hydrogen-bond donors (Lipinski definition) is 0. The van der Waals surface area contributed by atoms with Crippen molar-refractivity contribution in [2.24, 2.45) is 11.8 Å². The van der Waals surface area contributed by atoms with E-state index >= 15 is 0 Å². The third-order valence-electron chi connectivity index (χ3n) is 3.31. The topological polar surface area (TPSA) is 9.23 Å². The van der Waals surface area contributed by atoms with Crippen LogP contribution < -0.4 is 0 Å². The summed E-state index contributed by atoms with van der Waals surface area (Å²) in [5.41, 5.74) is 0. The number of rotatable bonds is 3. The minimum atomic E-state index is 0.553. The van der Waals surface area contributed by atoms with Gasteiger partial charge in [0, 0.05) is 7.11 Å². The van der Waals surface area contributed by atoms with Crippen LogP contribution in [0.25, 0.3) is 0 Å². The highest BCUT2D eigenvalue weighted by Crippen LogP contribution is 2.33. The molecule has 0 saturated heterocycles. The first-order chi connectivity index (χ1) is 6.77. The highest BCUT2D eigenvalue weighted by atomic mass is 16.5. The van der Waals surface area contributed by atoms with E-state index in [0.717, 1.165) is 11.8 Å². The van der Waals surface area contributed by atoms with Crippen molar-refractivity contribution < 1.29 is 4.74 Å². The first kappa shape index (κ1) is 14.0. The molecule has 0 amide bonds. The van der Waals surface area contributed by atoms with Gasteiger partial charge in [-0.05, 0) is 31.1 Å². The monoisotopic (exact) mass is 200 g/mol. The van der Waals surface area contributed by atoms with Gasteiger partial charge in [0.25, 0.3) is 0 Å². The van der Waals surface area contributed by atoms with Gasteiger partial charge in [0.1, 0.15) is 0 Å². The zero-order chi connectivity index (χ0) is 11.0. The predicted molar refractivity (Wildman–Crippen MR) is 63.6 cm³/mol. The molecule has 0 spiro atoms. The molecule has 0 aliphatic heterocycles. The second-order valence-corrected chi connectivity index (χ2v) is 4.20. The highest BCUT2D eigenvalue weighted by molar-refractivity contribution is 4.77. The van der Waals surface area contributed by atoms with E-state index in [-0.39, 0.29) is 0 Å². The second-order valence-electron chi connectivity index (χ2n) is 4.20. The summed E-state index contributed by atoms with van der Waals surface area (Å²) < 4.78 is 5.42. The van der Waals surface area contributed by atoms with Crippen molar-refractivity contribution >= 4 is 0 Å². The van der Waals surface area contributed by atoms with Gasteiger partial charge in [-0.25, -0.2) is 0 Å². The largest absolute Gasteiger partial charge is 0.381 e. The molecule has 1 nitrogen and oxygen atoms in total. The van der Waals surface area contributed by atoms with Crippen LogP contribution in [0.15, 0.2) is 0 Å². The molecule has 3 atom stereocenters. The van der Waals surface area contributed by atoms with Crippen LogP contribution in [0.2, 0.25) is 0 Å². The average Bonchev–Trinajstić information content (AvgIpc) is 2.24. The Morgan fingerprint density at radius 1 is 1.21 bits per heavy atom. The van der Waals surface area contributed by atoms with Crippen LogP contribution >= 0.6 is 0 Å². The van der Waals surface area contributed by atoms with E-state index in [1.54, 1.807) is 0 Å². The van der Waals surface area contributed by atoms with Crippen molar-refractivity contribution in [1.29, 1.82) is 0 Å². The van der Waals surface area contributed by atoms with E-state index < -0.39 is 0 Å². The van der Waals surface area contributed by atoms with Crippen molar-refractivity contribution in [2.75, 3.05) is 7.11 Å².